The monoisotopic (exact) mass is 309 g/mol. The zero-order valence-corrected chi connectivity index (χ0v) is 12.5. The molecule has 0 aromatic heterocycles. The summed E-state index contributed by atoms with van der Waals surface area (Å²) in [5.74, 6) is -0.134. The normalized spacial score (nSPS) is 17.9. The van der Waals surface area contributed by atoms with E-state index in [0.29, 0.717) is 16.2 Å². The number of ketones is 1. The molecule has 1 aliphatic carbocycles. The second-order valence-corrected chi connectivity index (χ2v) is 6.47. The van der Waals surface area contributed by atoms with Crippen molar-refractivity contribution < 1.29 is 13.2 Å². The number of carbonyl (C=O) groups excluding carboxylic acids is 1. The van der Waals surface area contributed by atoms with Gasteiger partial charge < -0.3 is 0 Å². The number of halogens is 1. The third-order valence-electron chi connectivity index (χ3n) is 2.82. The van der Waals surface area contributed by atoms with Gasteiger partial charge in [0.15, 0.2) is 5.78 Å². The lowest BCUT2D eigenvalue weighted by Gasteiger charge is -2.09. The summed E-state index contributed by atoms with van der Waals surface area (Å²) < 4.78 is 28.1. The summed E-state index contributed by atoms with van der Waals surface area (Å²) in [6.07, 6.45) is 2.86. The summed E-state index contributed by atoms with van der Waals surface area (Å²) in [6, 6.07) is 5.77. The van der Waals surface area contributed by atoms with Crippen LogP contribution < -0.4 is 0 Å². The van der Waals surface area contributed by atoms with E-state index >= 15 is 0 Å². The average Bonchev–Trinajstić information content (AvgIpc) is 2.36. The summed E-state index contributed by atoms with van der Waals surface area (Å²) in [5, 5.41) is 0.451. The van der Waals surface area contributed by atoms with Crippen LogP contribution in [-0.4, -0.2) is 19.9 Å². The quantitative estimate of drug-likeness (QED) is 0.789. The molecule has 2 rings (SSSR count). The Labute approximate surface area is 122 Å². The van der Waals surface area contributed by atoms with Gasteiger partial charge in [-0.1, -0.05) is 11.6 Å². The van der Waals surface area contributed by atoms with Crippen LogP contribution in [0, 0.1) is 0 Å². The van der Waals surface area contributed by atoms with Crippen LogP contribution in [0.15, 0.2) is 56.9 Å². The molecule has 0 radical (unpaired) electrons. The number of rotatable bonds is 2. The fourth-order valence-corrected chi connectivity index (χ4v) is 2.83. The Hall–Kier alpha value is -1.72. The van der Waals surface area contributed by atoms with Crippen molar-refractivity contribution in [2.75, 3.05) is 0 Å². The summed E-state index contributed by atoms with van der Waals surface area (Å²) in [5.41, 5.74) is 1.26. The Morgan fingerprint density at radius 2 is 1.60 bits per heavy atom. The number of nitrogens with zero attached hydrogens (tertiary/aromatic N) is 1. The first kappa shape index (κ1) is 14.7. The zero-order chi connectivity index (χ0) is 14.9. The van der Waals surface area contributed by atoms with E-state index in [-0.39, 0.29) is 16.4 Å². The maximum atomic E-state index is 12.2. The van der Waals surface area contributed by atoms with Crippen molar-refractivity contribution in [1.82, 2.24) is 0 Å². The Balaban J connectivity index is 2.46. The molecule has 0 amide bonds. The highest BCUT2D eigenvalue weighted by Gasteiger charge is 2.18. The molecule has 4 nitrogen and oxygen atoms in total. The molecule has 0 fully saturated rings. The van der Waals surface area contributed by atoms with Crippen molar-refractivity contribution in [3.05, 3.63) is 52.6 Å². The molecule has 1 aliphatic rings. The van der Waals surface area contributed by atoms with E-state index in [4.69, 9.17) is 11.6 Å². The molecule has 1 aromatic carbocycles. The zero-order valence-electron chi connectivity index (χ0n) is 10.9. The van der Waals surface area contributed by atoms with Gasteiger partial charge in [0, 0.05) is 5.02 Å². The Morgan fingerprint density at radius 3 is 2.20 bits per heavy atom. The van der Waals surface area contributed by atoms with Crippen LogP contribution in [-0.2, 0) is 14.8 Å². The number of benzene rings is 1. The Morgan fingerprint density at radius 1 is 1.00 bits per heavy atom. The lowest BCUT2D eigenvalue weighted by Crippen LogP contribution is -2.12. The first-order valence-corrected chi connectivity index (χ1v) is 7.63. The molecule has 0 bridgehead atoms. The standard InChI is InChI=1S/C14H12ClNO3S/c1-9-8-14(17)10(2)7-13(9)16-20(18,19)12-5-3-11(15)4-6-12/h3-8H,1-2H3/b16-13+. The van der Waals surface area contributed by atoms with Gasteiger partial charge in [0.1, 0.15) is 0 Å². The summed E-state index contributed by atoms with van der Waals surface area (Å²) in [7, 11) is -3.82. The van der Waals surface area contributed by atoms with Gasteiger partial charge in [0.05, 0.1) is 10.6 Å². The van der Waals surface area contributed by atoms with Gasteiger partial charge in [-0.25, -0.2) is 0 Å². The van der Waals surface area contributed by atoms with E-state index in [1.807, 2.05) is 0 Å². The first-order valence-electron chi connectivity index (χ1n) is 5.81. The summed E-state index contributed by atoms with van der Waals surface area (Å²) in [4.78, 5) is 11.5. The number of hydrogen-bond donors (Lipinski definition) is 0. The lowest BCUT2D eigenvalue weighted by atomic mass is 9.99. The second kappa shape index (κ2) is 5.34. The van der Waals surface area contributed by atoms with Crippen molar-refractivity contribution in [2.24, 2.45) is 4.40 Å². The second-order valence-electron chi connectivity index (χ2n) is 4.42. The first-order chi connectivity index (χ1) is 9.29. The molecule has 0 saturated carbocycles. The summed E-state index contributed by atoms with van der Waals surface area (Å²) >= 11 is 5.73. The van der Waals surface area contributed by atoms with E-state index in [1.54, 1.807) is 13.8 Å². The maximum Gasteiger partial charge on any atom is 0.282 e. The fourth-order valence-electron chi connectivity index (χ4n) is 1.66. The van der Waals surface area contributed by atoms with E-state index in [9.17, 15) is 13.2 Å². The topological polar surface area (TPSA) is 63.6 Å². The van der Waals surface area contributed by atoms with Crippen LogP contribution in [0.4, 0.5) is 0 Å². The molecular weight excluding hydrogens is 298 g/mol. The van der Waals surface area contributed by atoms with Crippen LogP contribution in [0.2, 0.25) is 5.02 Å². The number of carbonyl (C=O) groups is 1. The van der Waals surface area contributed by atoms with Gasteiger partial charge in [-0.3, -0.25) is 4.79 Å². The predicted molar refractivity (Wildman–Crippen MR) is 78.6 cm³/mol. The van der Waals surface area contributed by atoms with E-state index in [0.717, 1.165) is 0 Å². The number of sulfonamides is 1. The van der Waals surface area contributed by atoms with Crippen molar-refractivity contribution in [3.8, 4) is 0 Å². The Kier molecular flexibility index (Phi) is 3.92. The van der Waals surface area contributed by atoms with Crippen LogP contribution >= 0.6 is 11.6 Å². The van der Waals surface area contributed by atoms with Gasteiger partial charge in [0.25, 0.3) is 10.0 Å². The highest BCUT2D eigenvalue weighted by atomic mass is 35.5. The number of hydrogen-bond acceptors (Lipinski definition) is 3. The third-order valence-corrected chi connectivity index (χ3v) is 4.38. The lowest BCUT2D eigenvalue weighted by molar-refractivity contribution is -0.111. The molecule has 0 saturated heterocycles. The Bertz CT molecular complexity index is 756. The summed E-state index contributed by atoms with van der Waals surface area (Å²) in [6.45, 7) is 3.27. The molecule has 0 N–H and O–H groups in total. The minimum atomic E-state index is -3.82. The van der Waals surface area contributed by atoms with Crippen molar-refractivity contribution >= 4 is 33.1 Å². The van der Waals surface area contributed by atoms with Crippen molar-refractivity contribution in [2.45, 2.75) is 18.7 Å². The molecule has 0 aliphatic heterocycles. The van der Waals surface area contributed by atoms with Crippen molar-refractivity contribution in [1.29, 1.82) is 0 Å². The average molecular weight is 310 g/mol. The molecule has 0 unspecified atom stereocenters. The molecule has 104 valence electrons. The maximum absolute atomic E-state index is 12.2. The molecule has 20 heavy (non-hydrogen) atoms. The van der Waals surface area contributed by atoms with Crippen LogP contribution in [0.5, 0.6) is 0 Å². The minimum Gasteiger partial charge on any atom is -0.290 e. The molecule has 6 heteroatoms. The van der Waals surface area contributed by atoms with Crippen LogP contribution in [0.25, 0.3) is 0 Å². The van der Waals surface area contributed by atoms with E-state index in [1.165, 1.54) is 36.4 Å². The van der Waals surface area contributed by atoms with Gasteiger partial charge in [0.2, 0.25) is 0 Å². The smallest absolute Gasteiger partial charge is 0.282 e. The van der Waals surface area contributed by atoms with Crippen LogP contribution in [0.1, 0.15) is 13.8 Å². The SMILES string of the molecule is CC1=C/C(=N\S(=O)(=O)c2ccc(Cl)cc2)C(C)=CC1=O. The van der Waals surface area contributed by atoms with Crippen molar-refractivity contribution in [3.63, 3.8) is 0 Å². The van der Waals surface area contributed by atoms with Gasteiger partial charge in [-0.2, -0.15) is 12.8 Å². The molecule has 0 atom stereocenters. The van der Waals surface area contributed by atoms with Gasteiger partial charge >= 0.3 is 0 Å². The van der Waals surface area contributed by atoms with Gasteiger partial charge in [-0.05, 0) is 61.4 Å². The predicted octanol–water partition coefficient (Wildman–Crippen LogP) is 2.95. The highest BCUT2D eigenvalue weighted by molar-refractivity contribution is 7.90. The molecule has 1 aromatic rings. The molecular formula is C14H12ClNO3S. The van der Waals surface area contributed by atoms with Crippen LogP contribution in [0.3, 0.4) is 0 Å². The van der Waals surface area contributed by atoms with Gasteiger partial charge in [-0.15, -0.1) is 0 Å². The molecule has 0 heterocycles. The van der Waals surface area contributed by atoms with E-state index < -0.39 is 10.0 Å². The molecule has 0 spiro atoms. The third kappa shape index (κ3) is 3.05. The fraction of sp³-hybridized carbons (Fsp3) is 0.143. The minimum absolute atomic E-state index is 0.0603. The highest BCUT2D eigenvalue weighted by Crippen LogP contribution is 2.19. The largest absolute Gasteiger partial charge is 0.290 e. The van der Waals surface area contributed by atoms with E-state index in [2.05, 4.69) is 4.40 Å². The number of allylic oxidation sites excluding steroid dienone is 4.